The molecule has 6 heteroatoms. The number of rotatable bonds is 15. The molecule has 160 valence electrons. The number of hydrogen-bond acceptors (Lipinski definition) is 5. The maximum absolute atomic E-state index is 6.56. The van der Waals surface area contributed by atoms with E-state index in [2.05, 4.69) is 18.5 Å². The monoisotopic (exact) mass is 424 g/mol. The minimum absolute atomic E-state index is 0.0312. The highest BCUT2D eigenvalue weighted by molar-refractivity contribution is 6.31. The molecule has 5 nitrogen and oxygen atoms in total. The van der Waals surface area contributed by atoms with Gasteiger partial charge in [0, 0.05) is 33.2 Å². The topological polar surface area (TPSA) is 65.7 Å². The molecule has 0 spiro atoms. The number of benzene rings is 2. The van der Waals surface area contributed by atoms with Crippen molar-refractivity contribution in [3.05, 3.63) is 85.0 Å². The first-order valence-electron chi connectivity index (χ1n) is 10.1. The van der Waals surface area contributed by atoms with Gasteiger partial charge in [-0.3, -0.25) is 0 Å². The van der Waals surface area contributed by atoms with Gasteiger partial charge >= 0.3 is 9.76 Å². The molecule has 0 saturated heterocycles. The van der Waals surface area contributed by atoms with E-state index in [1.165, 1.54) is 0 Å². The molecule has 0 fully saturated rings. The zero-order valence-electron chi connectivity index (χ0n) is 17.7. The summed E-state index contributed by atoms with van der Waals surface area (Å²) in [6.45, 7) is 9.70. The van der Waals surface area contributed by atoms with Crippen molar-refractivity contribution in [3.63, 3.8) is 0 Å². The summed E-state index contributed by atoms with van der Waals surface area (Å²) in [5.74, 6) is 1.53. The number of hydrogen-bond donors (Lipinski definition) is 2. The second-order valence-corrected chi connectivity index (χ2v) is 8.13. The Morgan fingerprint density at radius 3 is 1.93 bits per heavy atom. The third-order valence-corrected chi connectivity index (χ3v) is 5.40. The summed E-state index contributed by atoms with van der Waals surface area (Å²) in [6, 6.07) is 15.9. The lowest BCUT2D eigenvalue weighted by atomic mass is 10.1. The van der Waals surface area contributed by atoms with Crippen LogP contribution in [0.4, 0.5) is 0 Å². The second kappa shape index (κ2) is 13.0. The Bertz CT molecular complexity index is 742. The molecular weight excluding hydrogens is 392 g/mol. The average molecular weight is 425 g/mol. The van der Waals surface area contributed by atoms with E-state index in [9.17, 15) is 0 Å². The molecule has 0 aliphatic carbocycles. The van der Waals surface area contributed by atoms with E-state index in [0.717, 1.165) is 29.2 Å². The van der Waals surface area contributed by atoms with Crippen molar-refractivity contribution in [1.82, 2.24) is 5.32 Å². The number of para-hydroxylation sites is 2. The SMILES string of the molecule is C=CCc1ccccc1OC(CCNCCN)(Oc1ccccc1CC=C)[Si]OC. The lowest BCUT2D eigenvalue weighted by molar-refractivity contribution is -0.0578. The van der Waals surface area contributed by atoms with Crippen LogP contribution in [0.25, 0.3) is 0 Å². The van der Waals surface area contributed by atoms with Gasteiger partial charge in [-0.2, -0.15) is 0 Å². The summed E-state index contributed by atoms with van der Waals surface area (Å²) in [5.41, 5.74) is 6.75. The van der Waals surface area contributed by atoms with Crippen LogP contribution in [0.5, 0.6) is 11.5 Å². The molecule has 0 amide bonds. The van der Waals surface area contributed by atoms with Gasteiger partial charge in [0.1, 0.15) is 11.5 Å². The van der Waals surface area contributed by atoms with Crippen LogP contribution in [0.1, 0.15) is 17.5 Å². The fraction of sp³-hybridized carbons (Fsp3) is 0.333. The maximum atomic E-state index is 6.56. The van der Waals surface area contributed by atoms with Gasteiger partial charge in [0.05, 0.1) is 0 Å². The summed E-state index contributed by atoms with van der Waals surface area (Å²) in [5, 5.41) is 3.33. The van der Waals surface area contributed by atoms with Crippen LogP contribution in [-0.4, -0.2) is 41.9 Å². The van der Waals surface area contributed by atoms with Gasteiger partial charge in [-0.25, -0.2) is 0 Å². The Balaban J connectivity index is 2.39. The maximum Gasteiger partial charge on any atom is 0.341 e. The number of nitrogens with two attached hydrogens (primary N) is 1. The summed E-state index contributed by atoms with van der Waals surface area (Å²) < 4.78 is 18.7. The van der Waals surface area contributed by atoms with Crippen LogP contribution in [0.3, 0.4) is 0 Å². The van der Waals surface area contributed by atoms with Crippen LogP contribution < -0.4 is 20.5 Å². The van der Waals surface area contributed by atoms with Crippen LogP contribution in [0.15, 0.2) is 73.8 Å². The fourth-order valence-electron chi connectivity index (χ4n) is 3.06. The molecule has 0 aliphatic heterocycles. The lowest BCUT2D eigenvalue weighted by Gasteiger charge is -2.35. The van der Waals surface area contributed by atoms with E-state index in [0.29, 0.717) is 32.4 Å². The van der Waals surface area contributed by atoms with Gasteiger partial charge in [-0.1, -0.05) is 48.6 Å². The molecule has 0 atom stereocenters. The van der Waals surface area contributed by atoms with E-state index in [1.54, 1.807) is 7.11 Å². The standard InChI is InChI=1S/C24H32N2O3Si/c1-4-10-20-12-6-8-14-22(20)28-24(30-27-3,16-18-26-19-17-25)29-23-15-9-7-13-21(23)11-5-2/h4-9,12-15,26H,1-2,10-11,16-19,25H2,3H3. The first kappa shape index (κ1) is 23.9. The molecule has 3 N–H and O–H groups in total. The van der Waals surface area contributed by atoms with Crippen molar-refractivity contribution in [3.8, 4) is 11.5 Å². The van der Waals surface area contributed by atoms with Crippen LogP contribution >= 0.6 is 0 Å². The Kier molecular flexibility index (Phi) is 10.4. The minimum atomic E-state index is -0.981. The molecule has 2 radical (unpaired) electrons. The van der Waals surface area contributed by atoms with Crippen molar-refractivity contribution >= 4 is 9.76 Å². The quantitative estimate of drug-likeness (QED) is 0.198. The molecule has 0 heterocycles. The van der Waals surface area contributed by atoms with Crippen molar-refractivity contribution in [1.29, 1.82) is 0 Å². The van der Waals surface area contributed by atoms with Crippen LogP contribution in [0, 0.1) is 0 Å². The van der Waals surface area contributed by atoms with Crippen molar-refractivity contribution in [2.24, 2.45) is 5.73 Å². The largest absolute Gasteiger partial charge is 0.454 e. The molecule has 0 saturated carbocycles. The average Bonchev–Trinajstić information content (AvgIpc) is 2.75. The first-order chi connectivity index (χ1) is 14.7. The van der Waals surface area contributed by atoms with E-state index in [1.807, 2.05) is 60.7 Å². The van der Waals surface area contributed by atoms with E-state index < -0.39 is 5.41 Å². The molecule has 0 unspecified atom stereocenters. The van der Waals surface area contributed by atoms with Gasteiger partial charge in [-0.15, -0.1) is 13.2 Å². The van der Waals surface area contributed by atoms with Crippen molar-refractivity contribution in [2.75, 3.05) is 26.7 Å². The molecular formula is C24H32N2O3Si. The minimum Gasteiger partial charge on any atom is -0.454 e. The third-order valence-electron chi connectivity index (χ3n) is 4.43. The predicted molar refractivity (Wildman–Crippen MR) is 124 cm³/mol. The molecule has 2 rings (SSSR count). The summed E-state index contributed by atoms with van der Waals surface area (Å²) in [7, 11) is 1.63. The van der Waals surface area contributed by atoms with Crippen LogP contribution in [-0.2, 0) is 17.3 Å². The highest BCUT2D eigenvalue weighted by Gasteiger charge is 2.38. The molecule has 2 aromatic rings. The molecule has 2 aromatic carbocycles. The Morgan fingerprint density at radius 2 is 1.47 bits per heavy atom. The van der Waals surface area contributed by atoms with Crippen molar-refractivity contribution in [2.45, 2.75) is 24.7 Å². The van der Waals surface area contributed by atoms with Crippen LogP contribution in [0.2, 0.25) is 0 Å². The number of nitrogens with one attached hydrogen (secondary N) is 1. The van der Waals surface area contributed by atoms with Gasteiger partial charge < -0.3 is 25.0 Å². The summed E-state index contributed by atoms with van der Waals surface area (Å²) in [4.78, 5) is 0. The van der Waals surface area contributed by atoms with Gasteiger partial charge in [-0.05, 0) is 36.1 Å². The molecule has 0 aromatic heterocycles. The highest BCUT2D eigenvalue weighted by atomic mass is 28.2. The predicted octanol–water partition coefficient (Wildman–Crippen LogP) is 3.46. The fourth-order valence-corrected chi connectivity index (χ4v) is 3.90. The summed E-state index contributed by atoms with van der Waals surface area (Å²) >= 11 is 0. The third kappa shape index (κ3) is 7.14. The second-order valence-electron chi connectivity index (χ2n) is 6.75. The normalized spacial score (nSPS) is 11.1. The number of allylic oxidation sites excluding steroid dienone is 2. The smallest absolute Gasteiger partial charge is 0.341 e. The van der Waals surface area contributed by atoms with Gasteiger partial charge in [0.15, 0.2) is 0 Å². The van der Waals surface area contributed by atoms with E-state index in [4.69, 9.17) is 19.6 Å². The zero-order chi connectivity index (χ0) is 21.7. The zero-order valence-corrected chi connectivity index (χ0v) is 18.7. The van der Waals surface area contributed by atoms with E-state index >= 15 is 0 Å². The van der Waals surface area contributed by atoms with Crippen molar-refractivity contribution < 1.29 is 13.9 Å². The Hall–Kier alpha value is -2.38. The Morgan fingerprint density at radius 1 is 0.933 bits per heavy atom. The van der Waals surface area contributed by atoms with E-state index in [-0.39, 0.29) is 9.76 Å². The lowest BCUT2D eigenvalue weighted by Crippen LogP contribution is -2.51. The first-order valence-corrected chi connectivity index (χ1v) is 11.1. The molecule has 30 heavy (non-hydrogen) atoms. The molecule has 0 bridgehead atoms. The van der Waals surface area contributed by atoms with Gasteiger partial charge in [0.2, 0.25) is 0 Å². The molecule has 0 aliphatic rings. The number of ether oxygens (including phenoxy) is 2. The highest BCUT2D eigenvalue weighted by Crippen LogP contribution is 2.30. The summed E-state index contributed by atoms with van der Waals surface area (Å²) in [6.07, 6.45) is 5.74. The Labute approximate surface area is 182 Å². The van der Waals surface area contributed by atoms with Gasteiger partial charge in [0.25, 0.3) is 5.41 Å².